The highest BCUT2D eigenvalue weighted by atomic mass is 35.5. The van der Waals surface area contributed by atoms with E-state index in [0.717, 1.165) is 22.9 Å². The van der Waals surface area contributed by atoms with Gasteiger partial charge in [0.1, 0.15) is 0 Å². The van der Waals surface area contributed by atoms with Crippen molar-refractivity contribution in [1.82, 2.24) is 9.88 Å². The van der Waals surface area contributed by atoms with Gasteiger partial charge in [-0.05, 0) is 47.9 Å². The van der Waals surface area contributed by atoms with Crippen LogP contribution >= 0.6 is 11.6 Å². The molecule has 5 nitrogen and oxygen atoms in total. The van der Waals surface area contributed by atoms with Gasteiger partial charge in [-0.25, -0.2) is 8.42 Å². The molecule has 0 saturated carbocycles. The van der Waals surface area contributed by atoms with E-state index in [1.165, 1.54) is 11.8 Å². The lowest BCUT2D eigenvalue weighted by Gasteiger charge is -2.26. The Bertz CT molecular complexity index is 1210. The molecule has 4 rings (SSSR count). The highest BCUT2D eigenvalue weighted by Gasteiger charge is 2.21. The molecular weight excluding hydrogens is 408 g/mol. The normalized spacial score (nSPS) is 14.8. The highest BCUT2D eigenvalue weighted by Crippen LogP contribution is 2.31. The fourth-order valence-corrected chi connectivity index (χ4v) is 4.66. The maximum atomic E-state index is 12.8. The Labute approximate surface area is 174 Å². The first-order valence-electron chi connectivity index (χ1n) is 9.32. The van der Waals surface area contributed by atoms with Crippen LogP contribution in [0.5, 0.6) is 0 Å². The van der Waals surface area contributed by atoms with Crippen molar-refractivity contribution in [2.24, 2.45) is 0 Å². The van der Waals surface area contributed by atoms with Crippen molar-refractivity contribution in [2.75, 3.05) is 19.3 Å². The van der Waals surface area contributed by atoms with Crippen LogP contribution in [0, 0.1) is 0 Å². The first kappa shape index (κ1) is 19.7. The van der Waals surface area contributed by atoms with Crippen molar-refractivity contribution in [3.8, 4) is 0 Å². The second-order valence-corrected chi connectivity index (χ2v) is 9.97. The number of nitrogens with zero attached hydrogens (tertiary/aromatic N) is 1. The number of carbonyl (C=O) groups is 1. The summed E-state index contributed by atoms with van der Waals surface area (Å²) in [4.78, 5) is 17.9. The molecule has 0 unspecified atom stereocenters. The number of H-pyrrole nitrogens is 1. The third-order valence-electron chi connectivity index (χ3n) is 5.12. The van der Waals surface area contributed by atoms with Crippen molar-refractivity contribution in [1.29, 1.82) is 0 Å². The number of carbonyl (C=O) groups excluding carboxylic acids is 1. The van der Waals surface area contributed by atoms with E-state index in [2.05, 4.69) is 11.1 Å². The Balaban J connectivity index is 1.49. The van der Waals surface area contributed by atoms with Gasteiger partial charge < -0.3 is 9.88 Å². The zero-order chi connectivity index (χ0) is 20.6. The summed E-state index contributed by atoms with van der Waals surface area (Å²) in [7, 11) is -3.09. The maximum absolute atomic E-state index is 12.8. The number of hydrogen-bond acceptors (Lipinski definition) is 3. The van der Waals surface area contributed by atoms with Crippen LogP contribution in [-0.4, -0.2) is 43.6 Å². The van der Waals surface area contributed by atoms with Crippen LogP contribution in [0.4, 0.5) is 0 Å². The summed E-state index contributed by atoms with van der Waals surface area (Å²) in [5.74, 6) is -0.0699. The number of benzene rings is 2. The number of sulfone groups is 1. The highest BCUT2D eigenvalue weighted by molar-refractivity contribution is 7.89. The standard InChI is InChI=1S/C22H21ClN2O3S/c1-29(27,28)14-15-2-4-17(5-3-15)22(26)25-10-8-16(9-11-25)20-13-24-21-7-6-18(23)12-19(20)21/h2-8,12-13,24H,9-11,14H2,1H3. The number of aromatic amines is 1. The molecule has 0 saturated heterocycles. The Morgan fingerprint density at radius 2 is 1.93 bits per heavy atom. The Morgan fingerprint density at radius 1 is 1.17 bits per heavy atom. The summed E-state index contributed by atoms with van der Waals surface area (Å²) in [5, 5.41) is 1.79. The molecule has 1 aromatic heterocycles. The molecule has 3 aromatic rings. The molecule has 0 atom stereocenters. The van der Waals surface area contributed by atoms with Crippen molar-refractivity contribution in [3.63, 3.8) is 0 Å². The molecule has 29 heavy (non-hydrogen) atoms. The van der Waals surface area contributed by atoms with Gasteiger partial charge in [-0.2, -0.15) is 0 Å². The Morgan fingerprint density at radius 3 is 2.59 bits per heavy atom. The maximum Gasteiger partial charge on any atom is 0.254 e. The Kier molecular flexibility index (Phi) is 5.23. The van der Waals surface area contributed by atoms with E-state index < -0.39 is 9.84 Å². The average molecular weight is 429 g/mol. The van der Waals surface area contributed by atoms with Gasteiger partial charge in [-0.3, -0.25) is 4.79 Å². The fourth-order valence-electron chi connectivity index (χ4n) is 3.69. The quantitative estimate of drug-likeness (QED) is 0.673. The summed E-state index contributed by atoms with van der Waals surface area (Å²) in [6.07, 6.45) is 6.04. The van der Waals surface area contributed by atoms with Gasteiger partial charge in [0.25, 0.3) is 5.91 Å². The van der Waals surface area contributed by atoms with Gasteiger partial charge in [0, 0.05) is 52.6 Å². The van der Waals surface area contributed by atoms with Crippen LogP contribution in [0.15, 0.2) is 54.7 Å². The molecule has 7 heteroatoms. The summed E-state index contributed by atoms with van der Waals surface area (Å²) < 4.78 is 22.8. The molecule has 0 aliphatic carbocycles. The second kappa shape index (κ2) is 7.69. The molecule has 0 fully saturated rings. The lowest BCUT2D eigenvalue weighted by atomic mass is 9.98. The van der Waals surface area contributed by atoms with E-state index in [9.17, 15) is 13.2 Å². The summed E-state index contributed by atoms with van der Waals surface area (Å²) in [6, 6.07) is 12.6. The van der Waals surface area contributed by atoms with E-state index >= 15 is 0 Å². The first-order valence-corrected chi connectivity index (χ1v) is 11.8. The molecule has 0 bridgehead atoms. The number of hydrogen-bond donors (Lipinski definition) is 1. The van der Waals surface area contributed by atoms with Crippen LogP contribution in [-0.2, 0) is 15.6 Å². The predicted molar refractivity (Wildman–Crippen MR) is 117 cm³/mol. The molecule has 150 valence electrons. The fraction of sp³-hybridized carbons (Fsp3) is 0.227. The first-order chi connectivity index (χ1) is 13.8. The van der Waals surface area contributed by atoms with Crippen LogP contribution in [0.3, 0.4) is 0 Å². The van der Waals surface area contributed by atoms with Crippen LogP contribution in [0.2, 0.25) is 5.02 Å². The van der Waals surface area contributed by atoms with Gasteiger partial charge in [0.15, 0.2) is 9.84 Å². The Hall–Kier alpha value is -2.57. The number of aromatic nitrogens is 1. The molecule has 2 aromatic carbocycles. The van der Waals surface area contributed by atoms with Gasteiger partial charge in [-0.15, -0.1) is 0 Å². The van der Waals surface area contributed by atoms with Gasteiger partial charge in [0.2, 0.25) is 0 Å². The number of halogens is 1. The van der Waals surface area contributed by atoms with Crippen molar-refractivity contribution in [2.45, 2.75) is 12.2 Å². The minimum atomic E-state index is -3.09. The summed E-state index contributed by atoms with van der Waals surface area (Å²) in [5.41, 5.74) is 4.62. The SMILES string of the molecule is CS(=O)(=O)Cc1ccc(C(=O)N2CC=C(c3c[nH]c4ccc(Cl)cc34)CC2)cc1. The smallest absolute Gasteiger partial charge is 0.254 e. The zero-order valence-corrected chi connectivity index (χ0v) is 17.6. The molecule has 1 aliphatic rings. The second-order valence-electron chi connectivity index (χ2n) is 7.39. The van der Waals surface area contributed by atoms with E-state index in [0.29, 0.717) is 29.2 Å². The topological polar surface area (TPSA) is 70.2 Å². The van der Waals surface area contributed by atoms with E-state index in [1.807, 2.05) is 24.4 Å². The van der Waals surface area contributed by atoms with Crippen LogP contribution in [0.25, 0.3) is 16.5 Å². The number of rotatable bonds is 4. The minimum absolute atomic E-state index is 0.0219. The van der Waals surface area contributed by atoms with Crippen molar-refractivity contribution >= 4 is 43.8 Å². The molecule has 1 aliphatic heterocycles. The molecule has 1 amide bonds. The van der Waals surface area contributed by atoms with E-state index in [4.69, 9.17) is 11.6 Å². The van der Waals surface area contributed by atoms with E-state index in [-0.39, 0.29) is 11.7 Å². The third kappa shape index (κ3) is 4.38. The number of nitrogens with one attached hydrogen (secondary N) is 1. The van der Waals surface area contributed by atoms with E-state index in [1.54, 1.807) is 29.2 Å². The largest absolute Gasteiger partial charge is 0.361 e. The van der Waals surface area contributed by atoms with Crippen LogP contribution in [0.1, 0.15) is 27.9 Å². The molecule has 1 N–H and O–H groups in total. The molecule has 0 radical (unpaired) electrons. The number of amides is 1. The summed E-state index contributed by atoms with van der Waals surface area (Å²) in [6.45, 7) is 1.16. The summed E-state index contributed by atoms with van der Waals surface area (Å²) >= 11 is 6.15. The van der Waals surface area contributed by atoms with Crippen molar-refractivity contribution in [3.05, 3.63) is 76.5 Å². The third-order valence-corrected chi connectivity index (χ3v) is 6.21. The van der Waals surface area contributed by atoms with Crippen molar-refractivity contribution < 1.29 is 13.2 Å². The van der Waals surface area contributed by atoms with Gasteiger partial charge >= 0.3 is 0 Å². The van der Waals surface area contributed by atoms with Gasteiger partial charge in [0.05, 0.1) is 5.75 Å². The molecule has 2 heterocycles. The van der Waals surface area contributed by atoms with Crippen LogP contribution < -0.4 is 0 Å². The molecular formula is C22H21ClN2O3S. The monoisotopic (exact) mass is 428 g/mol. The zero-order valence-electron chi connectivity index (χ0n) is 16.0. The lowest BCUT2D eigenvalue weighted by Crippen LogP contribution is -2.34. The minimum Gasteiger partial charge on any atom is -0.361 e. The average Bonchev–Trinajstić information content (AvgIpc) is 3.10. The lowest BCUT2D eigenvalue weighted by molar-refractivity contribution is 0.0773. The molecule has 0 spiro atoms. The predicted octanol–water partition coefficient (Wildman–Crippen LogP) is 4.30. The number of fused-ring (bicyclic) bond motifs is 1. The van der Waals surface area contributed by atoms with Gasteiger partial charge in [-0.1, -0.05) is 29.8 Å².